The summed E-state index contributed by atoms with van der Waals surface area (Å²) in [5.41, 5.74) is 0.788. The average molecular weight is 350 g/mol. The molecule has 2 unspecified atom stereocenters. The molecule has 0 bridgehead atoms. The number of alkyl halides is 1. The number of carbonyl (C=O) groups is 1. The molecule has 2 rings (SSSR count). The molecular weight excluding hydrogens is 330 g/mol. The van der Waals surface area contributed by atoms with Crippen molar-refractivity contribution in [1.29, 1.82) is 0 Å². The van der Waals surface area contributed by atoms with Crippen molar-refractivity contribution in [3.8, 4) is 11.5 Å². The van der Waals surface area contributed by atoms with Crippen LogP contribution in [0.25, 0.3) is 0 Å². The number of ether oxygens (including phenoxy) is 2. The van der Waals surface area contributed by atoms with Gasteiger partial charge in [-0.1, -0.05) is 42.5 Å². The van der Waals surface area contributed by atoms with Gasteiger partial charge in [0, 0.05) is 6.54 Å². The van der Waals surface area contributed by atoms with E-state index in [1.54, 1.807) is 19.2 Å². The van der Waals surface area contributed by atoms with Crippen LogP contribution in [0, 0.1) is 0 Å². The number of rotatable bonds is 8. The van der Waals surface area contributed by atoms with Gasteiger partial charge in [0.1, 0.15) is 12.0 Å². The van der Waals surface area contributed by atoms with Gasteiger partial charge in [-0.2, -0.15) is 0 Å². The van der Waals surface area contributed by atoms with Gasteiger partial charge in [0.25, 0.3) is 0 Å². The molecule has 1 amide bonds. The Morgan fingerprint density at radius 1 is 1.12 bits per heavy atom. The Labute approximate surface area is 146 Å². The zero-order chi connectivity index (χ0) is 17.4. The molecule has 2 aromatic carbocycles. The van der Waals surface area contributed by atoms with E-state index in [0.717, 1.165) is 5.56 Å². The summed E-state index contributed by atoms with van der Waals surface area (Å²) >= 11 is 5.46. The van der Waals surface area contributed by atoms with Crippen molar-refractivity contribution in [3.05, 3.63) is 60.2 Å². The maximum absolute atomic E-state index is 11.3. The third kappa shape index (κ3) is 4.88. The fourth-order valence-electron chi connectivity index (χ4n) is 2.24. The molecule has 128 valence electrons. The van der Waals surface area contributed by atoms with Crippen LogP contribution in [0.2, 0.25) is 0 Å². The van der Waals surface area contributed by atoms with E-state index < -0.39 is 12.2 Å². The highest BCUT2D eigenvalue weighted by atomic mass is 35.5. The van der Waals surface area contributed by atoms with Gasteiger partial charge >= 0.3 is 0 Å². The molecule has 2 atom stereocenters. The third-order valence-corrected chi connectivity index (χ3v) is 3.67. The van der Waals surface area contributed by atoms with E-state index in [1.165, 1.54) is 0 Å². The maximum Gasteiger partial charge on any atom is 0.235 e. The first-order chi connectivity index (χ1) is 11.7. The van der Waals surface area contributed by atoms with Crippen LogP contribution in [0.4, 0.5) is 0 Å². The minimum atomic E-state index is -0.954. The second-order valence-corrected chi connectivity index (χ2v) is 5.37. The molecule has 0 fully saturated rings. The Balaban J connectivity index is 2.21. The molecule has 2 N–H and O–H groups in total. The lowest BCUT2D eigenvalue weighted by molar-refractivity contribution is -0.119. The topological polar surface area (TPSA) is 67.8 Å². The molecule has 0 radical (unpaired) electrons. The van der Waals surface area contributed by atoms with Crippen molar-refractivity contribution in [3.63, 3.8) is 0 Å². The normalized spacial score (nSPS) is 13.0. The number of amides is 1. The third-order valence-electron chi connectivity index (χ3n) is 3.43. The number of para-hydroxylation sites is 2. The first-order valence-corrected chi connectivity index (χ1v) is 8.04. The number of halogens is 1. The number of hydrogen-bond donors (Lipinski definition) is 2. The van der Waals surface area contributed by atoms with Crippen molar-refractivity contribution in [2.45, 2.75) is 12.2 Å². The molecule has 2 aromatic rings. The van der Waals surface area contributed by atoms with E-state index in [0.29, 0.717) is 11.5 Å². The molecule has 24 heavy (non-hydrogen) atoms. The minimum Gasteiger partial charge on any atom is -0.493 e. The number of methoxy groups -OCH3 is 1. The highest BCUT2D eigenvalue weighted by Crippen LogP contribution is 2.32. The van der Waals surface area contributed by atoms with Crippen molar-refractivity contribution in [1.82, 2.24) is 5.32 Å². The minimum absolute atomic E-state index is 0.0280. The van der Waals surface area contributed by atoms with Crippen LogP contribution in [0.5, 0.6) is 11.5 Å². The van der Waals surface area contributed by atoms with E-state index in [2.05, 4.69) is 5.32 Å². The van der Waals surface area contributed by atoms with Crippen LogP contribution in [-0.4, -0.2) is 36.7 Å². The lowest BCUT2D eigenvalue weighted by Gasteiger charge is -2.25. The van der Waals surface area contributed by atoms with E-state index in [9.17, 15) is 9.90 Å². The zero-order valence-electron chi connectivity index (χ0n) is 13.3. The van der Waals surface area contributed by atoms with Crippen LogP contribution < -0.4 is 14.8 Å². The van der Waals surface area contributed by atoms with Gasteiger partial charge in [0.05, 0.1) is 7.11 Å². The Morgan fingerprint density at radius 2 is 1.75 bits per heavy atom. The van der Waals surface area contributed by atoms with Crippen LogP contribution in [0.3, 0.4) is 0 Å². The maximum atomic E-state index is 11.3. The second-order valence-electron chi connectivity index (χ2n) is 5.11. The second kappa shape index (κ2) is 9.15. The van der Waals surface area contributed by atoms with Gasteiger partial charge in [-0.05, 0) is 17.7 Å². The first-order valence-electron chi connectivity index (χ1n) is 7.51. The largest absolute Gasteiger partial charge is 0.493 e. The fourth-order valence-corrected chi connectivity index (χ4v) is 2.33. The predicted octanol–water partition coefficient (Wildman–Crippen LogP) is 2.53. The molecule has 0 spiro atoms. The number of aliphatic hydroxyl groups excluding tert-OH is 1. The first kappa shape index (κ1) is 18.1. The van der Waals surface area contributed by atoms with Crippen molar-refractivity contribution < 1.29 is 19.4 Å². The van der Waals surface area contributed by atoms with Crippen LogP contribution >= 0.6 is 11.6 Å². The summed E-state index contributed by atoms with van der Waals surface area (Å²) in [6.45, 7) is 0.0280. The van der Waals surface area contributed by atoms with Crippen LogP contribution in [0.1, 0.15) is 11.7 Å². The Morgan fingerprint density at radius 3 is 2.38 bits per heavy atom. The van der Waals surface area contributed by atoms with Gasteiger partial charge < -0.3 is 19.9 Å². The SMILES string of the molecule is COc1ccccc1OC(c1ccccc1)C(O)CNC(=O)CCl. The quantitative estimate of drug-likeness (QED) is 0.719. The standard InChI is InChI=1S/C18H20ClNO4/c1-23-15-9-5-6-10-16(15)24-18(13-7-3-2-4-8-13)14(21)12-20-17(22)11-19/h2-10,14,18,21H,11-12H2,1H3,(H,20,22). The fraction of sp³-hybridized carbons (Fsp3) is 0.278. The lowest BCUT2D eigenvalue weighted by Crippen LogP contribution is -2.37. The van der Waals surface area contributed by atoms with Crippen molar-refractivity contribution >= 4 is 17.5 Å². The van der Waals surface area contributed by atoms with Gasteiger partial charge in [-0.25, -0.2) is 0 Å². The summed E-state index contributed by atoms with van der Waals surface area (Å²) < 4.78 is 11.3. The molecule has 0 aromatic heterocycles. The van der Waals surface area contributed by atoms with Gasteiger partial charge in [0.15, 0.2) is 17.6 Å². The monoisotopic (exact) mass is 349 g/mol. The van der Waals surface area contributed by atoms with E-state index in [4.69, 9.17) is 21.1 Å². The van der Waals surface area contributed by atoms with Gasteiger partial charge in [0.2, 0.25) is 5.91 Å². The van der Waals surface area contributed by atoms with E-state index in [-0.39, 0.29) is 18.3 Å². The predicted molar refractivity (Wildman–Crippen MR) is 92.5 cm³/mol. The smallest absolute Gasteiger partial charge is 0.235 e. The summed E-state index contributed by atoms with van der Waals surface area (Å²) in [5, 5.41) is 13.1. The van der Waals surface area contributed by atoms with E-state index >= 15 is 0 Å². The Hall–Kier alpha value is -2.24. The summed E-state index contributed by atoms with van der Waals surface area (Å²) in [6, 6.07) is 16.5. The summed E-state index contributed by atoms with van der Waals surface area (Å²) in [4.78, 5) is 11.3. The van der Waals surface area contributed by atoms with Crippen molar-refractivity contribution in [2.24, 2.45) is 0 Å². The lowest BCUT2D eigenvalue weighted by atomic mass is 10.0. The van der Waals surface area contributed by atoms with Gasteiger partial charge in [-0.15, -0.1) is 11.6 Å². The molecular formula is C18H20ClNO4. The highest BCUT2D eigenvalue weighted by Gasteiger charge is 2.24. The molecule has 5 nitrogen and oxygen atoms in total. The molecule has 0 aliphatic carbocycles. The molecule has 0 saturated carbocycles. The Bertz CT molecular complexity index is 650. The summed E-state index contributed by atoms with van der Waals surface area (Å²) in [5.74, 6) is 0.572. The number of hydrogen-bond acceptors (Lipinski definition) is 4. The zero-order valence-corrected chi connectivity index (χ0v) is 14.1. The summed E-state index contributed by atoms with van der Waals surface area (Å²) in [7, 11) is 1.55. The van der Waals surface area contributed by atoms with Crippen LogP contribution in [-0.2, 0) is 4.79 Å². The summed E-state index contributed by atoms with van der Waals surface area (Å²) in [6.07, 6.45) is -1.62. The Kier molecular flexibility index (Phi) is 6.90. The molecule has 0 heterocycles. The number of nitrogens with one attached hydrogen (secondary N) is 1. The van der Waals surface area contributed by atoms with Gasteiger partial charge in [-0.3, -0.25) is 4.79 Å². The molecule has 0 saturated heterocycles. The molecule has 0 aliphatic rings. The van der Waals surface area contributed by atoms with E-state index in [1.807, 2.05) is 42.5 Å². The van der Waals surface area contributed by atoms with Crippen LogP contribution in [0.15, 0.2) is 54.6 Å². The molecule has 6 heteroatoms. The highest BCUT2D eigenvalue weighted by molar-refractivity contribution is 6.27. The molecule has 0 aliphatic heterocycles. The number of aliphatic hydroxyl groups is 1. The van der Waals surface area contributed by atoms with Crippen molar-refractivity contribution in [2.75, 3.05) is 19.5 Å². The average Bonchev–Trinajstić information content (AvgIpc) is 2.64. The number of carbonyl (C=O) groups excluding carboxylic acids is 1. The number of benzene rings is 2.